The van der Waals surface area contributed by atoms with Gasteiger partial charge in [-0.3, -0.25) is 9.59 Å². The molecule has 0 spiro atoms. The van der Waals surface area contributed by atoms with Gasteiger partial charge in [0.2, 0.25) is 0 Å². The number of quaternary nitrogens is 1. The lowest BCUT2D eigenvalue weighted by atomic mass is 10.2. The summed E-state index contributed by atoms with van der Waals surface area (Å²) in [7, 11) is 1.29. The number of hydrogen-bond donors (Lipinski definition) is 3. The average Bonchev–Trinajstić information content (AvgIpc) is 2.69. The molecule has 0 heterocycles. The van der Waals surface area contributed by atoms with Crippen molar-refractivity contribution >= 4 is 29.2 Å². The van der Waals surface area contributed by atoms with Crippen molar-refractivity contribution in [3.63, 3.8) is 0 Å². The summed E-state index contributed by atoms with van der Waals surface area (Å²) in [5.41, 5.74) is 2.43. The number of carbonyl (C=O) groups is 3. The van der Waals surface area contributed by atoms with Crippen LogP contribution >= 0.6 is 0 Å². The summed E-state index contributed by atoms with van der Waals surface area (Å²) in [5.74, 6) is -0.935. The molecule has 0 saturated carbocycles. The lowest BCUT2D eigenvalue weighted by Crippen LogP contribution is -3.14. The predicted molar refractivity (Wildman–Crippen MR) is 112 cm³/mol. The first-order valence-electron chi connectivity index (χ1n) is 9.60. The van der Waals surface area contributed by atoms with Gasteiger partial charge in [-0.2, -0.15) is 0 Å². The highest BCUT2D eigenvalue weighted by Gasteiger charge is 2.20. The van der Waals surface area contributed by atoms with Crippen molar-refractivity contribution in [1.29, 1.82) is 0 Å². The maximum atomic E-state index is 12.5. The van der Waals surface area contributed by atoms with Crippen LogP contribution in [0.3, 0.4) is 0 Å². The second-order valence-corrected chi connectivity index (χ2v) is 6.80. The van der Waals surface area contributed by atoms with Gasteiger partial charge in [0, 0.05) is 5.69 Å². The molecule has 1 unspecified atom stereocenters. The van der Waals surface area contributed by atoms with E-state index >= 15 is 0 Å². The van der Waals surface area contributed by atoms with Crippen LogP contribution in [0.25, 0.3) is 0 Å². The van der Waals surface area contributed by atoms with Crippen LogP contribution in [0.2, 0.25) is 0 Å². The Bertz CT molecular complexity index is 867. The van der Waals surface area contributed by atoms with Gasteiger partial charge in [0.15, 0.2) is 13.1 Å². The van der Waals surface area contributed by atoms with Gasteiger partial charge in [0.25, 0.3) is 11.8 Å². The van der Waals surface area contributed by atoms with E-state index in [0.29, 0.717) is 12.2 Å². The van der Waals surface area contributed by atoms with E-state index in [9.17, 15) is 14.4 Å². The summed E-state index contributed by atoms with van der Waals surface area (Å²) in [5, 5.41) is 5.66. The first-order valence-corrected chi connectivity index (χ1v) is 9.60. The lowest BCUT2D eigenvalue weighted by Gasteiger charge is -2.19. The maximum Gasteiger partial charge on any atom is 0.339 e. The Morgan fingerprint density at radius 2 is 1.45 bits per heavy atom. The van der Waals surface area contributed by atoms with Crippen LogP contribution in [0.1, 0.15) is 29.3 Å². The minimum absolute atomic E-state index is 0.116. The number of ether oxygens (including phenoxy) is 1. The van der Waals surface area contributed by atoms with E-state index in [4.69, 9.17) is 4.74 Å². The van der Waals surface area contributed by atoms with E-state index in [-0.39, 0.29) is 30.5 Å². The minimum atomic E-state index is -0.517. The molecule has 7 nitrogen and oxygen atoms in total. The van der Waals surface area contributed by atoms with Crippen molar-refractivity contribution in [3.05, 3.63) is 59.7 Å². The molecule has 0 aliphatic rings. The SMILES string of the molecule is CCC[NH+](CC(=O)Nc1ccccc1C)CC(=O)Nc1ccccc1C(=O)OC. The summed E-state index contributed by atoms with van der Waals surface area (Å²) in [6.07, 6.45) is 0.832. The van der Waals surface area contributed by atoms with Gasteiger partial charge in [-0.1, -0.05) is 37.3 Å². The number of benzene rings is 2. The van der Waals surface area contributed by atoms with Crippen LogP contribution in [0.15, 0.2) is 48.5 Å². The number of hydrogen-bond acceptors (Lipinski definition) is 4. The van der Waals surface area contributed by atoms with E-state index in [1.165, 1.54) is 7.11 Å². The molecule has 0 aliphatic heterocycles. The topological polar surface area (TPSA) is 88.9 Å². The van der Waals surface area contributed by atoms with E-state index in [1.54, 1.807) is 24.3 Å². The number of anilines is 2. The zero-order valence-corrected chi connectivity index (χ0v) is 17.1. The molecular weight excluding hydrogens is 370 g/mol. The molecule has 29 heavy (non-hydrogen) atoms. The van der Waals surface area contributed by atoms with Crippen LogP contribution in [-0.4, -0.2) is 44.5 Å². The molecule has 0 bridgehead atoms. The fraction of sp³-hybridized carbons (Fsp3) is 0.318. The van der Waals surface area contributed by atoms with Crippen molar-refractivity contribution < 1.29 is 24.0 Å². The third kappa shape index (κ3) is 6.73. The molecule has 0 fully saturated rings. The Hall–Kier alpha value is -3.19. The normalized spacial score (nSPS) is 11.4. The molecule has 0 radical (unpaired) electrons. The number of para-hydroxylation sites is 2. The predicted octanol–water partition coefficient (Wildman–Crippen LogP) is 1.65. The van der Waals surface area contributed by atoms with Gasteiger partial charge in [-0.05, 0) is 37.1 Å². The van der Waals surface area contributed by atoms with Gasteiger partial charge in [-0.25, -0.2) is 4.79 Å². The molecule has 0 aliphatic carbocycles. The van der Waals surface area contributed by atoms with Crippen LogP contribution in [-0.2, 0) is 14.3 Å². The largest absolute Gasteiger partial charge is 0.465 e. The third-order valence-electron chi connectivity index (χ3n) is 4.45. The van der Waals surface area contributed by atoms with Crippen molar-refractivity contribution in [2.75, 3.05) is 37.4 Å². The molecule has 0 aromatic heterocycles. The summed E-state index contributed by atoms with van der Waals surface area (Å²) >= 11 is 0. The molecule has 0 saturated heterocycles. The van der Waals surface area contributed by atoms with Gasteiger partial charge < -0.3 is 20.3 Å². The Kier molecular flexibility index (Phi) is 8.36. The van der Waals surface area contributed by atoms with Crippen molar-refractivity contribution in [3.8, 4) is 0 Å². The lowest BCUT2D eigenvalue weighted by molar-refractivity contribution is -0.883. The Balaban J connectivity index is 1.99. The maximum absolute atomic E-state index is 12.5. The number of aryl methyl sites for hydroxylation is 1. The Morgan fingerprint density at radius 3 is 2.03 bits per heavy atom. The zero-order chi connectivity index (χ0) is 21.2. The fourth-order valence-electron chi connectivity index (χ4n) is 3.03. The summed E-state index contributed by atoms with van der Waals surface area (Å²) in [6.45, 7) is 4.90. The van der Waals surface area contributed by atoms with Gasteiger partial charge in [-0.15, -0.1) is 0 Å². The molecule has 2 rings (SSSR count). The molecule has 7 heteroatoms. The first-order chi connectivity index (χ1) is 13.9. The number of esters is 1. The molecular formula is C22H28N3O4+. The van der Waals surface area contributed by atoms with Crippen LogP contribution in [0, 0.1) is 6.92 Å². The monoisotopic (exact) mass is 398 g/mol. The number of amides is 2. The molecule has 2 aromatic rings. The highest BCUT2D eigenvalue weighted by molar-refractivity contribution is 6.01. The van der Waals surface area contributed by atoms with Crippen molar-refractivity contribution in [1.82, 2.24) is 0 Å². The molecule has 2 amide bonds. The Labute approximate surface area is 171 Å². The summed E-state index contributed by atoms with van der Waals surface area (Å²) < 4.78 is 4.75. The molecule has 2 aromatic carbocycles. The van der Waals surface area contributed by atoms with E-state index in [1.807, 2.05) is 38.1 Å². The average molecular weight is 398 g/mol. The Morgan fingerprint density at radius 1 is 0.897 bits per heavy atom. The standard InChI is InChI=1S/C22H27N3O4/c1-4-13-25(14-20(26)23-18-11-7-5-9-16(18)2)15-21(27)24-19-12-8-6-10-17(19)22(28)29-3/h5-12H,4,13-15H2,1-3H3,(H,23,26)(H,24,27)/p+1. The van der Waals surface area contributed by atoms with E-state index in [0.717, 1.165) is 22.6 Å². The second kappa shape index (κ2) is 11.0. The molecule has 1 atom stereocenters. The fourth-order valence-corrected chi connectivity index (χ4v) is 3.03. The third-order valence-corrected chi connectivity index (χ3v) is 4.45. The highest BCUT2D eigenvalue weighted by atomic mass is 16.5. The molecule has 154 valence electrons. The van der Waals surface area contributed by atoms with Gasteiger partial charge >= 0.3 is 5.97 Å². The van der Waals surface area contributed by atoms with E-state index in [2.05, 4.69) is 10.6 Å². The second-order valence-electron chi connectivity index (χ2n) is 6.80. The van der Waals surface area contributed by atoms with Crippen LogP contribution < -0.4 is 15.5 Å². The summed E-state index contributed by atoms with van der Waals surface area (Å²) in [4.78, 5) is 37.7. The van der Waals surface area contributed by atoms with Gasteiger partial charge in [0.05, 0.1) is 24.9 Å². The first kappa shape index (κ1) is 22.1. The van der Waals surface area contributed by atoms with Crippen molar-refractivity contribution in [2.24, 2.45) is 0 Å². The van der Waals surface area contributed by atoms with Crippen molar-refractivity contribution in [2.45, 2.75) is 20.3 Å². The number of carbonyl (C=O) groups excluding carboxylic acids is 3. The van der Waals surface area contributed by atoms with Gasteiger partial charge in [0.1, 0.15) is 0 Å². The highest BCUT2D eigenvalue weighted by Crippen LogP contribution is 2.15. The number of nitrogens with one attached hydrogen (secondary N) is 3. The summed E-state index contributed by atoms with van der Waals surface area (Å²) in [6, 6.07) is 14.2. The minimum Gasteiger partial charge on any atom is -0.465 e. The molecule has 3 N–H and O–H groups in total. The smallest absolute Gasteiger partial charge is 0.339 e. The number of rotatable bonds is 9. The van der Waals surface area contributed by atoms with E-state index < -0.39 is 5.97 Å². The zero-order valence-electron chi connectivity index (χ0n) is 17.1. The van der Waals surface area contributed by atoms with Crippen LogP contribution in [0.5, 0.6) is 0 Å². The quantitative estimate of drug-likeness (QED) is 0.561. The number of methoxy groups -OCH3 is 1. The van der Waals surface area contributed by atoms with Crippen LogP contribution in [0.4, 0.5) is 11.4 Å².